The standard InChI is InChI=1S/C11H16N2O/c1-9(11(14)12-13(2)3)10-7-5-4-6-8-10/h4-9H,1-3H3,(H,12,14). The highest BCUT2D eigenvalue weighted by molar-refractivity contribution is 5.82. The van der Waals surface area contributed by atoms with Crippen molar-refractivity contribution < 1.29 is 4.79 Å². The fraction of sp³-hybridized carbons (Fsp3) is 0.364. The monoisotopic (exact) mass is 192 g/mol. The molecule has 14 heavy (non-hydrogen) atoms. The van der Waals surface area contributed by atoms with E-state index in [1.54, 1.807) is 19.1 Å². The van der Waals surface area contributed by atoms with Crippen molar-refractivity contribution in [2.24, 2.45) is 0 Å². The maximum absolute atomic E-state index is 11.6. The Balaban J connectivity index is 2.66. The molecule has 1 aromatic carbocycles. The van der Waals surface area contributed by atoms with Crippen LogP contribution in [0.5, 0.6) is 0 Å². The molecule has 0 aromatic heterocycles. The predicted octanol–water partition coefficient (Wildman–Crippen LogP) is 1.38. The Bertz CT molecular complexity index is 295. The van der Waals surface area contributed by atoms with Crippen LogP contribution in [0.3, 0.4) is 0 Å². The molecule has 0 radical (unpaired) electrons. The van der Waals surface area contributed by atoms with Crippen molar-refractivity contribution >= 4 is 5.91 Å². The van der Waals surface area contributed by atoms with E-state index < -0.39 is 0 Å². The van der Waals surface area contributed by atoms with Gasteiger partial charge in [0.15, 0.2) is 0 Å². The third-order valence-corrected chi connectivity index (χ3v) is 2.03. The normalized spacial score (nSPS) is 12.6. The van der Waals surface area contributed by atoms with Crippen molar-refractivity contribution in [3.8, 4) is 0 Å². The van der Waals surface area contributed by atoms with Crippen LogP contribution in [0.2, 0.25) is 0 Å². The third-order valence-electron chi connectivity index (χ3n) is 2.03. The van der Waals surface area contributed by atoms with Gasteiger partial charge in [-0.1, -0.05) is 30.3 Å². The van der Waals surface area contributed by atoms with Gasteiger partial charge in [-0.2, -0.15) is 0 Å². The average Bonchev–Trinajstić information content (AvgIpc) is 2.17. The lowest BCUT2D eigenvalue weighted by Crippen LogP contribution is -2.38. The molecule has 0 aliphatic heterocycles. The van der Waals surface area contributed by atoms with Crippen LogP contribution in [0.25, 0.3) is 0 Å². The van der Waals surface area contributed by atoms with E-state index in [0.717, 1.165) is 5.56 Å². The number of carbonyl (C=O) groups is 1. The van der Waals surface area contributed by atoms with Gasteiger partial charge in [0, 0.05) is 14.1 Å². The van der Waals surface area contributed by atoms with Crippen LogP contribution in [0, 0.1) is 0 Å². The first-order chi connectivity index (χ1) is 6.61. The second-order valence-electron chi connectivity index (χ2n) is 3.50. The van der Waals surface area contributed by atoms with E-state index in [9.17, 15) is 4.79 Å². The molecule has 0 aliphatic rings. The summed E-state index contributed by atoms with van der Waals surface area (Å²) in [5, 5.41) is 1.65. The number of rotatable bonds is 3. The minimum absolute atomic E-state index is 0.0150. The molecule has 1 amide bonds. The fourth-order valence-corrected chi connectivity index (χ4v) is 1.21. The number of carbonyl (C=O) groups excluding carboxylic acids is 1. The summed E-state index contributed by atoms with van der Waals surface area (Å²) in [6, 6.07) is 9.74. The minimum atomic E-state index is -0.112. The van der Waals surface area contributed by atoms with Gasteiger partial charge in [-0.05, 0) is 12.5 Å². The molecule has 0 saturated heterocycles. The van der Waals surface area contributed by atoms with E-state index >= 15 is 0 Å². The second-order valence-corrected chi connectivity index (χ2v) is 3.50. The summed E-state index contributed by atoms with van der Waals surface area (Å²) < 4.78 is 0. The van der Waals surface area contributed by atoms with Crippen LogP contribution >= 0.6 is 0 Å². The Morgan fingerprint density at radius 3 is 2.36 bits per heavy atom. The Morgan fingerprint density at radius 1 is 1.29 bits per heavy atom. The molecular formula is C11H16N2O. The summed E-state index contributed by atoms with van der Waals surface area (Å²) in [5.74, 6) is -0.0974. The van der Waals surface area contributed by atoms with Crippen molar-refractivity contribution in [3.05, 3.63) is 35.9 Å². The molecule has 3 heteroatoms. The third kappa shape index (κ3) is 2.85. The van der Waals surface area contributed by atoms with Gasteiger partial charge < -0.3 is 0 Å². The number of amides is 1. The van der Waals surface area contributed by atoms with E-state index in [1.807, 2.05) is 37.3 Å². The number of nitrogens with zero attached hydrogens (tertiary/aromatic N) is 1. The van der Waals surface area contributed by atoms with Gasteiger partial charge in [0.05, 0.1) is 5.92 Å². The summed E-state index contributed by atoms with van der Waals surface area (Å²) in [6.07, 6.45) is 0. The van der Waals surface area contributed by atoms with E-state index in [0.29, 0.717) is 0 Å². The van der Waals surface area contributed by atoms with Crippen LogP contribution < -0.4 is 5.43 Å². The van der Waals surface area contributed by atoms with Crippen LogP contribution in [0.1, 0.15) is 18.4 Å². The van der Waals surface area contributed by atoms with Gasteiger partial charge >= 0.3 is 0 Å². The highest BCUT2D eigenvalue weighted by Crippen LogP contribution is 2.14. The molecule has 1 unspecified atom stereocenters. The molecule has 1 rings (SSSR count). The molecule has 0 spiro atoms. The Morgan fingerprint density at radius 2 is 1.86 bits per heavy atom. The highest BCUT2D eigenvalue weighted by atomic mass is 16.2. The van der Waals surface area contributed by atoms with Crippen molar-refractivity contribution in [2.75, 3.05) is 14.1 Å². The summed E-state index contributed by atoms with van der Waals surface area (Å²) >= 11 is 0. The molecule has 0 fully saturated rings. The number of hydrogen-bond donors (Lipinski definition) is 1. The molecule has 76 valence electrons. The molecule has 1 N–H and O–H groups in total. The van der Waals surface area contributed by atoms with Gasteiger partial charge in [0.25, 0.3) is 0 Å². The zero-order valence-corrected chi connectivity index (χ0v) is 8.82. The first-order valence-corrected chi connectivity index (χ1v) is 4.64. The zero-order valence-electron chi connectivity index (χ0n) is 8.82. The Labute approximate surface area is 84.7 Å². The number of benzene rings is 1. The van der Waals surface area contributed by atoms with Gasteiger partial charge in [0.2, 0.25) is 5.91 Å². The van der Waals surface area contributed by atoms with Crippen molar-refractivity contribution in [1.82, 2.24) is 10.4 Å². The van der Waals surface area contributed by atoms with Gasteiger partial charge in [-0.3, -0.25) is 10.2 Å². The van der Waals surface area contributed by atoms with Crippen molar-refractivity contribution in [3.63, 3.8) is 0 Å². The average molecular weight is 192 g/mol. The second kappa shape index (κ2) is 4.77. The fourth-order valence-electron chi connectivity index (χ4n) is 1.21. The largest absolute Gasteiger partial charge is 0.289 e. The van der Waals surface area contributed by atoms with Gasteiger partial charge in [-0.15, -0.1) is 0 Å². The van der Waals surface area contributed by atoms with Crippen molar-refractivity contribution in [1.29, 1.82) is 0 Å². The topological polar surface area (TPSA) is 32.3 Å². The predicted molar refractivity (Wildman–Crippen MR) is 56.7 cm³/mol. The molecular weight excluding hydrogens is 176 g/mol. The SMILES string of the molecule is CC(C(=O)NN(C)C)c1ccccc1. The smallest absolute Gasteiger partial charge is 0.241 e. The minimum Gasteiger partial charge on any atom is -0.289 e. The van der Waals surface area contributed by atoms with Crippen LogP contribution in [-0.4, -0.2) is 25.0 Å². The highest BCUT2D eigenvalue weighted by Gasteiger charge is 2.14. The first-order valence-electron chi connectivity index (χ1n) is 4.64. The van der Waals surface area contributed by atoms with E-state index in [-0.39, 0.29) is 11.8 Å². The van der Waals surface area contributed by atoms with Gasteiger partial charge in [-0.25, -0.2) is 5.01 Å². The van der Waals surface area contributed by atoms with Crippen LogP contribution in [0.4, 0.5) is 0 Å². The molecule has 3 nitrogen and oxygen atoms in total. The molecule has 1 aromatic rings. The maximum Gasteiger partial charge on any atom is 0.241 e. The number of hydrogen-bond acceptors (Lipinski definition) is 2. The molecule has 1 atom stereocenters. The Hall–Kier alpha value is -1.35. The number of hydrazine groups is 1. The summed E-state index contributed by atoms with van der Waals surface area (Å²) in [7, 11) is 3.60. The maximum atomic E-state index is 11.6. The van der Waals surface area contributed by atoms with Crippen LogP contribution in [0.15, 0.2) is 30.3 Å². The first kappa shape index (κ1) is 10.7. The summed E-state index contributed by atoms with van der Waals surface area (Å²) in [5.41, 5.74) is 3.77. The van der Waals surface area contributed by atoms with Gasteiger partial charge in [0.1, 0.15) is 0 Å². The lowest BCUT2D eigenvalue weighted by Gasteiger charge is -2.16. The zero-order chi connectivity index (χ0) is 10.6. The van der Waals surface area contributed by atoms with Crippen molar-refractivity contribution in [2.45, 2.75) is 12.8 Å². The quantitative estimate of drug-likeness (QED) is 0.734. The number of nitrogens with one attached hydrogen (secondary N) is 1. The molecule has 0 heterocycles. The van der Waals surface area contributed by atoms with E-state index in [1.165, 1.54) is 0 Å². The van der Waals surface area contributed by atoms with E-state index in [2.05, 4.69) is 5.43 Å². The lowest BCUT2D eigenvalue weighted by atomic mass is 10.0. The molecule has 0 saturated carbocycles. The Kier molecular flexibility index (Phi) is 3.65. The summed E-state index contributed by atoms with van der Waals surface area (Å²) in [6.45, 7) is 1.90. The molecule has 0 aliphatic carbocycles. The van der Waals surface area contributed by atoms with Crippen LogP contribution in [-0.2, 0) is 4.79 Å². The summed E-state index contributed by atoms with van der Waals surface area (Å²) in [4.78, 5) is 11.6. The van der Waals surface area contributed by atoms with E-state index in [4.69, 9.17) is 0 Å². The lowest BCUT2D eigenvalue weighted by molar-refractivity contribution is -0.125. The molecule has 0 bridgehead atoms.